The predicted octanol–water partition coefficient (Wildman–Crippen LogP) is 5.59. The first kappa shape index (κ1) is 21.5. The smallest absolute Gasteiger partial charge is 0.282 e. The highest BCUT2D eigenvalue weighted by atomic mass is 19.1. The SMILES string of the molecule is CCCCc1ccc(N2C(=O)C(c3ccc(F)cc3)=C(N(C)c3ccccc3)C2=O)cc1. The second-order valence-corrected chi connectivity index (χ2v) is 7.84. The fourth-order valence-electron chi connectivity index (χ4n) is 3.91. The van der Waals surface area contributed by atoms with E-state index in [1.807, 2.05) is 54.6 Å². The molecule has 3 aromatic rings. The normalized spacial score (nSPS) is 13.8. The Morgan fingerprint density at radius 2 is 1.50 bits per heavy atom. The second-order valence-electron chi connectivity index (χ2n) is 7.84. The van der Waals surface area contributed by atoms with E-state index in [4.69, 9.17) is 0 Å². The van der Waals surface area contributed by atoms with Crippen molar-refractivity contribution in [2.24, 2.45) is 0 Å². The van der Waals surface area contributed by atoms with Crippen LogP contribution < -0.4 is 9.80 Å². The third-order valence-corrected chi connectivity index (χ3v) is 5.68. The van der Waals surface area contributed by atoms with Gasteiger partial charge in [-0.3, -0.25) is 9.59 Å². The number of hydrogen-bond acceptors (Lipinski definition) is 3. The molecule has 0 fully saturated rings. The van der Waals surface area contributed by atoms with Crippen molar-refractivity contribution >= 4 is 28.8 Å². The Hall–Kier alpha value is -3.73. The van der Waals surface area contributed by atoms with E-state index in [2.05, 4.69) is 6.92 Å². The molecule has 2 amide bonds. The number of unbranched alkanes of at least 4 members (excludes halogenated alkanes) is 1. The molecule has 1 aliphatic rings. The van der Waals surface area contributed by atoms with Gasteiger partial charge < -0.3 is 4.90 Å². The molecule has 5 heteroatoms. The number of para-hydroxylation sites is 1. The van der Waals surface area contributed by atoms with Gasteiger partial charge >= 0.3 is 0 Å². The molecule has 162 valence electrons. The lowest BCUT2D eigenvalue weighted by Crippen LogP contribution is -2.34. The summed E-state index contributed by atoms with van der Waals surface area (Å²) in [5, 5.41) is 0. The van der Waals surface area contributed by atoms with Gasteiger partial charge in [0.25, 0.3) is 11.8 Å². The summed E-state index contributed by atoms with van der Waals surface area (Å²) in [6.45, 7) is 2.14. The fourth-order valence-corrected chi connectivity index (χ4v) is 3.91. The molecule has 3 aromatic carbocycles. The van der Waals surface area contributed by atoms with Crippen molar-refractivity contribution in [2.75, 3.05) is 16.8 Å². The van der Waals surface area contributed by atoms with Crippen LogP contribution in [-0.4, -0.2) is 18.9 Å². The van der Waals surface area contributed by atoms with Crippen molar-refractivity contribution in [3.8, 4) is 0 Å². The van der Waals surface area contributed by atoms with Gasteiger partial charge in [-0.1, -0.05) is 55.8 Å². The number of hydrogen-bond donors (Lipinski definition) is 0. The molecular weight excluding hydrogens is 403 g/mol. The number of aryl methyl sites for hydroxylation is 1. The molecule has 32 heavy (non-hydrogen) atoms. The van der Waals surface area contributed by atoms with E-state index in [1.165, 1.54) is 34.7 Å². The molecule has 0 atom stereocenters. The van der Waals surface area contributed by atoms with Crippen LogP contribution in [0.25, 0.3) is 5.57 Å². The standard InChI is InChI=1S/C27H25FN2O2/c1-3-4-8-19-11-17-23(18-12-19)30-26(31)24(20-13-15-21(28)16-14-20)25(27(30)32)29(2)22-9-6-5-7-10-22/h5-7,9-18H,3-4,8H2,1-2H3. The topological polar surface area (TPSA) is 40.6 Å². The summed E-state index contributed by atoms with van der Waals surface area (Å²) in [6, 6.07) is 22.6. The Balaban J connectivity index is 1.77. The fraction of sp³-hybridized carbons (Fsp3) is 0.185. The number of rotatable bonds is 7. The number of halogens is 1. The summed E-state index contributed by atoms with van der Waals surface area (Å²) in [5.74, 6) is -1.22. The maximum absolute atomic E-state index is 13.6. The second kappa shape index (κ2) is 9.18. The minimum atomic E-state index is -0.416. The summed E-state index contributed by atoms with van der Waals surface area (Å²) in [5.41, 5.74) is 3.50. The lowest BCUT2D eigenvalue weighted by Gasteiger charge is -2.21. The van der Waals surface area contributed by atoms with Gasteiger partial charge in [0, 0.05) is 12.7 Å². The lowest BCUT2D eigenvalue weighted by molar-refractivity contribution is -0.120. The molecule has 0 spiro atoms. The van der Waals surface area contributed by atoms with Crippen molar-refractivity contribution in [1.82, 2.24) is 0 Å². The molecule has 1 heterocycles. The van der Waals surface area contributed by atoms with Crippen LogP contribution in [0, 0.1) is 5.82 Å². The third-order valence-electron chi connectivity index (χ3n) is 5.68. The first-order valence-electron chi connectivity index (χ1n) is 10.8. The van der Waals surface area contributed by atoms with Gasteiger partial charge in [0.05, 0.1) is 11.3 Å². The highest BCUT2D eigenvalue weighted by molar-refractivity contribution is 6.46. The summed E-state index contributed by atoms with van der Waals surface area (Å²) in [6.07, 6.45) is 3.15. The molecule has 4 nitrogen and oxygen atoms in total. The molecular formula is C27H25FN2O2. The van der Waals surface area contributed by atoms with Crippen molar-refractivity contribution in [3.63, 3.8) is 0 Å². The molecule has 0 bridgehead atoms. The van der Waals surface area contributed by atoms with Gasteiger partial charge in [-0.2, -0.15) is 0 Å². The zero-order valence-electron chi connectivity index (χ0n) is 18.2. The first-order chi connectivity index (χ1) is 15.5. The highest BCUT2D eigenvalue weighted by Gasteiger charge is 2.42. The molecule has 0 aliphatic carbocycles. The summed E-state index contributed by atoms with van der Waals surface area (Å²) in [4.78, 5) is 30.0. The minimum absolute atomic E-state index is 0.261. The van der Waals surface area contributed by atoms with Crippen LogP contribution in [0.4, 0.5) is 15.8 Å². The van der Waals surface area contributed by atoms with Crippen LogP contribution in [-0.2, 0) is 16.0 Å². The Kier molecular flexibility index (Phi) is 6.17. The van der Waals surface area contributed by atoms with Crippen LogP contribution >= 0.6 is 0 Å². The number of benzene rings is 3. The summed E-state index contributed by atoms with van der Waals surface area (Å²) in [7, 11) is 1.76. The molecule has 0 saturated carbocycles. The van der Waals surface area contributed by atoms with Gasteiger partial charge in [-0.15, -0.1) is 0 Å². The highest BCUT2D eigenvalue weighted by Crippen LogP contribution is 2.36. The zero-order valence-corrected chi connectivity index (χ0v) is 18.2. The molecule has 4 rings (SSSR count). The first-order valence-corrected chi connectivity index (χ1v) is 10.8. The van der Waals surface area contributed by atoms with Crippen LogP contribution in [0.1, 0.15) is 30.9 Å². The van der Waals surface area contributed by atoms with Crippen molar-refractivity contribution in [2.45, 2.75) is 26.2 Å². The average molecular weight is 429 g/mol. The van der Waals surface area contributed by atoms with Crippen LogP contribution in [0.5, 0.6) is 0 Å². The van der Waals surface area contributed by atoms with Gasteiger partial charge in [-0.05, 0) is 60.4 Å². The third kappa shape index (κ3) is 4.06. The quantitative estimate of drug-likeness (QED) is 0.461. The predicted molar refractivity (Wildman–Crippen MR) is 126 cm³/mol. The monoisotopic (exact) mass is 428 g/mol. The lowest BCUT2D eigenvalue weighted by atomic mass is 10.0. The van der Waals surface area contributed by atoms with E-state index in [0.717, 1.165) is 24.9 Å². The molecule has 0 unspecified atom stereocenters. The van der Waals surface area contributed by atoms with Crippen LogP contribution in [0.15, 0.2) is 84.6 Å². The summed E-state index contributed by atoms with van der Waals surface area (Å²) < 4.78 is 13.5. The van der Waals surface area contributed by atoms with Crippen LogP contribution in [0.3, 0.4) is 0 Å². The number of nitrogens with zero attached hydrogens (tertiary/aromatic N) is 2. The number of amides is 2. The molecule has 0 radical (unpaired) electrons. The Bertz CT molecular complexity index is 1150. The van der Waals surface area contributed by atoms with E-state index >= 15 is 0 Å². The number of anilines is 2. The van der Waals surface area contributed by atoms with E-state index in [0.29, 0.717) is 11.3 Å². The van der Waals surface area contributed by atoms with Crippen molar-refractivity contribution in [1.29, 1.82) is 0 Å². The zero-order chi connectivity index (χ0) is 22.7. The molecule has 0 aromatic heterocycles. The number of carbonyl (C=O) groups excluding carboxylic acids is 2. The Morgan fingerprint density at radius 3 is 2.12 bits per heavy atom. The maximum atomic E-state index is 13.6. The number of imide groups is 1. The van der Waals surface area contributed by atoms with Gasteiger partial charge in [-0.25, -0.2) is 9.29 Å². The molecule has 0 N–H and O–H groups in total. The average Bonchev–Trinajstić information content (AvgIpc) is 3.08. The van der Waals surface area contributed by atoms with Gasteiger partial charge in [0.15, 0.2) is 0 Å². The van der Waals surface area contributed by atoms with E-state index in [9.17, 15) is 14.0 Å². The maximum Gasteiger partial charge on any atom is 0.282 e. The Morgan fingerprint density at radius 1 is 0.844 bits per heavy atom. The minimum Gasteiger partial charge on any atom is -0.339 e. The molecule has 1 aliphatic heterocycles. The van der Waals surface area contributed by atoms with Crippen molar-refractivity contribution in [3.05, 3.63) is 102 Å². The van der Waals surface area contributed by atoms with Gasteiger partial charge in [0.2, 0.25) is 0 Å². The Labute approximate surface area is 187 Å². The van der Waals surface area contributed by atoms with Gasteiger partial charge in [0.1, 0.15) is 11.5 Å². The summed E-state index contributed by atoms with van der Waals surface area (Å²) >= 11 is 0. The van der Waals surface area contributed by atoms with E-state index < -0.39 is 17.6 Å². The number of carbonyl (C=O) groups is 2. The van der Waals surface area contributed by atoms with E-state index in [-0.39, 0.29) is 11.3 Å². The van der Waals surface area contributed by atoms with Crippen LogP contribution in [0.2, 0.25) is 0 Å². The van der Waals surface area contributed by atoms with Crippen molar-refractivity contribution < 1.29 is 14.0 Å². The van der Waals surface area contributed by atoms with E-state index in [1.54, 1.807) is 11.9 Å². The largest absolute Gasteiger partial charge is 0.339 e. The molecule has 0 saturated heterocycles. The number of likely N-dealkylation sites (N-methyl/N-ethyl adjacent to an activating group) is 1.